The van der Waals surface area contributed by atoms with Crippen LogP contribution in [0.15, 0.2) is 35.3 Å². The Labute approximate surface area is 230 Å². The van der Waals surface area contributed by atoms with Crippen molar-refractivity contribution >= 4 is 64.1 Å². The molecule has 0 saturated carbocycles. The second kappa shape index (κ2) is 10.9. The molecule has 0 spiro atoms. The van der Waals surface area contributed by atoms with Crippen LogP contribution >= 0.6 is 22.7 Å². The van der Waals surface area contributed by atoms with E-state index in [2.05, 4.69) is 35.0 Å². The molecule has 9 nitrogen and oxygen atoms in total. The fourth-order valence-electron chi connectivity index (χ4n) is 4.32. The molecular formula is C26H31N7O2S2Si. The number of carbonyl (C=O) groups is 1. The van der Waals surface area contributed by atoms with Gasteiger partial charge in [0.25, 0.3) is 5.91 Å². The highest BCUT2D eigenvalue weighted by Gasteiger charge is 2.23. The van der Waals surface area contributed by atoms with E-state index in [-0.39, 0.29) is 5.91 Å². The molecule has 198 valence electrons. The van der Waals surface area contributed by atoms with Crippen LogP contribution in [0.3, 0.4) is 0 Å². The first kappa shape index (κ1) is 26.4. The zero-order valence-electron chi connectivity index (χ0n) is 21.9. The van der Waals surface area contributed by atoms with Crippen molar-refractivity contribution in [1.29, 1.82) is 5.41 Å². The minimum absolute atomic E-state index is 0.240. The topological polar surface area (TPSA) is 111 Å². The number of hydrogen-bond acceptors (Lipinski definition) is 8. The number of carbonyl (C=O) groups excluding carboxylic acids is 1. The van der Waals surface area contributed by atoms with E-state index in [0.29, 0.717) is 36.6 Å². The number of rotatable bonds is 11. The molecule has 0 radical (unpaired) electrons. The molecule has 1 amide bonds. The summed E-state index contributed by atoms with van der Waals surface area (Å²) in [5.74, 6) is -0.240. The average Bonchev–Trinajstić information content (AvgIpc) is 3.66. The summed E-state index contributed by atoms with van der Waals surface area (Å²) in [5, 5.41) is 19.5. The van der Waals surface area contributed by atoms with Gasteiger partial charge in [-0.2, -0.15) is 5.10 Å². The molecule has 5 rings (SSSR count). The first-order valence-electron chi connectivity index (χ1n) is 12.4. The van der Waals surface area contributed by atoms with E-state index in [1.807, 2.05) is 47.0 Å². The molecule has 0 bridgehead atoms. The largest absolute Gasteiger partial charge is 0.360 e. The lowest BCUT2D eigenvalue weighted by Gasteiger charge is -2.15. The van der Waals surface area contributed by atoms with Crippen LogP contribution in [-0.2, 0) is 31.5 Å². The van der Waals surface area contributed by atoms with Gasteiger partial charge in [0.1, 0.15) is 17.4 Å². The summed E-state index contributed by atoms with van der Waals surface area (Å²) in [6, 6.07) is 7.09. The van der Waals surface area contributed by atoms with Crippen LogP contribution in [0, 0.1) is 5.41 Å². The lowest BCUT2D eigenvalue weighted by atomic mass is 10.1. The third-order valence-electron chi connectivity index (χ3n) is 6.41. The molecule has 4 heterocycles. The number of nitrogens with zero attached hydrogens (tertiary/aromatic N) is 5. The SMILES string of the molecule is Cn1c(C(=O)NCc2cccc3c2cnn3COCC[Si](C)(C)C)c(C=N)c2sc(Cc3cscn3)nc21. The van der Waals surface area contributed by atoms with Crippen LogP contribution in [-0.4, -0.2) is 51.1 Å². The standard InChI is InChI=1S/C26H31N7O2S2Si/c1-32-23(19(11-27)24-25(32)31-22(37-24)10-18-14-36-15-29-18)26(34)28-12-17-6-5-7-21-20(17)13-30-33(21)16-35-8-9-38(2,3)4/h5-7,11,13-15,27H,8-10,12,16H2,1-4H3,(H,28,34). The van der Waals surface area contributed by atoms with E-state index in [1.165, 1.54) is 17.6 Å². The van der Waals surface area contributed by atoms with E-state index in [9.17, 15) is 4.79 Å². The van der Waals surface area contributed by atoms with Crippen molar-refractivity contribution in [3.05, 3.63) is 62.8 Å². The summed E-state index contributed by atoms with van der Waals surface area (Å²) in [6.45, 7) is 8.49. The van der Waals surface area contributed by atoms with Gasteiger partial charge in [-0.15, -0.1) is 22.7 Å². The van der Waals surface area contributed by atoms with Crippen LogP contribution in [0.2, 0.25) is 25.7 Å². The maximum atomic E-state index is 13.3. The van der Waals surface area contributed by atoms with Crippen LogP contribution in [0.5, 0.6) is 0 Å². The van der Waals surface area contributed by atoms with E-state index >= 15 is 0 Å². The highest BCUT2D eigenvalue weighted by atomic mass is 32.1. The Kier molecular flexibility index (Phi) is 7.57. The average molecular weight is 566 g/mol. The van der Waals surface area contributed by atoms with Crippen molar-refractivity contribution in [2.45, 2.75) is 45.4 Å². The number of hydrogen-bond donors (Lipinski definition) is 2. The van der Waals surface area contributed by atoms with Crippen molar-refractivity contribution in [1.82, 2.24) is 29.6 Å². The number of amides is 1. The van der Waals surface area contributed by atoms with Gasteiger partial charge in [0.2, 0.25) is 0 Å². The Morgan fingerprint density at radius 2 is 2.13 bits per heavy atom. The van der Waals surface area contributed by atoms with E-state index < -0.39 is 8.07 Å². The molecule has 5 aromatic rings. The highest BCUT2D eigenvalue weighted by Crippen LogP contribution is 2.31. The van der Waals surface area contributed by atoms with Crippen molar-refractivity contribution in [3.63, 3.8) is 0 Å². The normalized spacial score (nSPS) is 12.0. The number of ether oxygens (including phenoxy) is 1. The first-order valence-corrected chi connectivity index (χ1v) is 17.9. The first-order chi connectivity index (χ1) is 18.2. The van der Waals surface area contributed by atoms with Crippen molar-refractivity contribution in [2.75, 3.05) is 6.61 Å². The fraction of sp³-hybridized carbons (Fsp3) is 0.346. The predicted molar refractivity (Wildman–Crippen MR) is 156 cm³/mol. The second-order valence-electron chi connectivity index (χ2n) is 10.4. The Morgan fingerprint density at radius 1 is 1.29 bits per heavy atom. The highest BCUT2D eigenvalue weighted by molar-refractivity contribution is 7.19. The van der Waals surface area contributed by atoms with Crippen molar-refractivity contribution < 1.29 is 9.53 Å². The summed E-state index contributed by atoms with van der Waals surface area (Å²) < 4.78 is 10.4. The lowest BCUT2D eigenvalue weighted by Crippen LogP contribution is -2.26. The van der Waals surface area contributed by atoms with Gasteiger partial charge in [-0.3, -0.25) is 4.79 Å². The number of aryl methyl sites for hydroxylation is 1. The fourth-order valence-corrected chi connectivity index (χ4v) is 6.77. The number of nitrogens with one attached hydrogen (secondary N) is 2. The van der Waals surface area contributed by atoms with Gasteiger partial charge in [0, 0.05) is 57.2 Å². The molecule has 12 heteroatoms. The Balaban J connectivity index is 1.30. The van der Waals surface area contributed by atoms with Crippen molar-refractivity contribution in [3.8, 4) is 0 Å². The molecule has 0 aliphatic rings. The molecule has 38 heavy (non-hydrogen) atoms. The Bertz CT molecular complexity index is 1600. The van der Waals surface area contributed by atoms with Crippen LogP contribution < -0.4 is 5.32 Å². The Hall–Kier alpha value is -3.19. The third-order valence-corrected chi connectivity index (χ3v) is 9.83. The van der Waals surface area contributed by atoms with Crippen LogP contribution in [0.25, 0.3) is 21.3 Å². The zero-order valence-corrected chi connectivity index (χ0v) is 24.6. The van der Waals surface area contributed by atoms with E-state index in [0.717, 1.165) is 44.5 Å². The summed E-state index contributed by atoms with van der Waals surface area (Å²) in [5.41, 5.74) is 6.46. The minimum Gasteiger partial charge on any atom is -0.360 e. The maximum absolute atomic E-state index is 13.3. The van der Waals surface area contributed by atoms with Gasteiger partial charge in [-0.25, -0.2) is 14.6 Å². The zero-order chi connectivity index (χ0) is 26.9. The molecule has 4 aromatic heterocycles. The van der Waals surface area contributed by atoms with Crippen LogP contribution in [0.4, 0.5) is 0 Å². The molecule has 0 unspecified atom stereocenters. The Morgan fingerprint density at radius 3 is 2.87 bits per heavy atom. The van der Waals surface area contributed by atoms with E-state index in [1.54, 1.807) is 15.9 Å². The molecule has 0 fully saturated rings. The smallest absolute Gasteiger partial charge is 0.268 e. The molecule has 0 aliphatic carbocycles. The number of aromatic nitrogens is 5. The van der Waals surface area contributed by atoms with Gasteiger partial charge in [0.15, 0.2) is 5.65 Å². The molecule has 1 aromatic carbocycles. The summed E-state index contributed by atoms with van der Waals surface area (Å²) >= 11 is 3.06. The monoisotopic (exact) mass is 565 g/mol. The molecule has 0 atom stereocenters. The maximum Gasteiger partial charge on any atom is 0.268 e. The second-order valence-corrected chi connectivity index (χ2v) is 17.8. The molecule has 0 saturated heterocycles. The van der Waals surface area contributed by atoms with Gasteiger partial charge >= 0.3 is 0 Å². The molecule has 2 N–H and O–H groups in total. The van der Waals surface area contributed by atoms with Crippen LogP contribution in [0.1, 0.15) is 32.3 Å². The van der Waals surface area contributed by atoms with Gasteiger partial charge in [0.05, 0.1) is 27.6 Å². The number of thiazole rings is 2. The minimum atomic E-state index is -1.14. The molecular weight excluding hydrogens is 535 g/mol. The summed E-state index contributed by atoms with van der Waals surface area (Å²) in [6.07, 6.45) is 3.71. The molecule has 0 aliphatic heterocycles. The number of benzene rings is 1. The quantitative estimate of drug-likeness (QED) is 0.129. The summed E-state index contributed by atoms with van der Waals surface area (Å²) in [4.78, 5) is 22.4. The third kappa shape index (κ3) is 5.48. The van der Waals surface area contributed by atoms with Gasteiger partial charge < -0.3 is 20.0 Å². The predicted octanol–water partition coefficient (Wildman–Crippen LogP) is 5.27. The lowest BCUT2D eigenvalue weighted by molar-refractivity contribution is 0.0817. The van der Waals surface area contributed by atoms with Gasteiger partial charge in [-0.05, 0) is 17.7 Å². The van der Waals surface area contributed by atoms with Gasteiger partial charge in [-0.1, -0.05) is 31.8 Å². The summed E-state index contributed by atoms with van der Waals surface area (Å²) in [7, 11) is 0.681. The van der Waals surface area contributed by atoms with Crippen molar-refractivity contribution in [2.24, 2.45) is 7.05 Å². The number of fused-ring (bicyclic) bond motifs is 2. The van der Waals surface area contributed by atoms with E-state index in [4.69, 9.17) is 15.1 Å².